The molecule has 0 aliphatic rings. The van der Waals surface area contributed by atoms with Gasteiger partial charge in [0.1, 0.15) is 5.56 Å². The summed E-state index contributed by atoms with van der Waals surface area (Å²) in [5.74, 6) is -4.15. The Morgan fingerprint density at radius 1 is 1.44 bits per heavy atom. The van der Waals surface area contributed by atoms with Crippen molar-refractivity contribution in [2.75, 3.05) is 0 Å². The molecule has 0 aromatic heterocycles. The smallest absolute Gasteiger partial charge is 0.387 e. The molecule has 0 aliphatic carbocycles. The molecule has 0 bridgehead atoms. The average molecular weight is 234 g/mol. The minimum absolute atomic E-state index is 0.112. The molecule has 86 valence electrons. The Hall–Kier alpha value is -2.05. The Morgan fingerprint density at radius 2 is 2.06 bits per heavy atom. The fraction of sp³-hybridized carbons (Fsp3) is 0.111. The minimum Gasteiger partial charge on any atom is -0.478 e. The highest BCUT2D eigenvalue weighted by atomic mass is 19.3. The van der Waals surface area contributed by atoms with Crippen LogP contribution in [0.15, 0.2) is 12.1 Å². The molecule has 1 aromatic rings. The number of benzene rings is 1. The molecule has 0 radical (unpaired) electrons. The van der Waals surface area contributed by atoms with Gasteiger partial charge >= 0.3 is 12.6 Å². The largest absolute Gasteiger partial charge is 0.478 e. The molecule has 1 aromatic carbocycles. The van der Waals surface area contributed by atoms with E-state index in [1.807, 2.05) is 0 Å². The van der Waals surface area contributed by atoms with Gasteiger partial charge in [0.15, 0.2) is 17.9 Å². The zero-order valence-electron chi connectivity index (χ0n) is 7.62. The zero-order chi connectivity index (χ0) is 12.3. The number of carboxylic acids is 1. The second-order valence-corrected chi connectivity index (χ2v) is 2.64. The Kier molecular flexibility index (Phi) is 3.49. The molecule has 0 saturated heterocycles. The SMILES string of the molecule is O=Cc1ccc(F)c(OC(F)F)c1C(=O)O. The molecule has 0 saturated carbocycles. The van der Waals surface area contributed by atoms with Crippen molar-refractivity contribution in [3.63, 3.8) is 0 Å². The van der Waals surface area contributed by atoms with E-state index < -0.39 is 35.3 Å². The van der Waals surface area contributed by atoms with E-state index in [-0.39, 0.29) is 6.29 Å². The molecule has 0 spiro atoms. The standard InChI is InChI=1S/C9H5F3O4/c10-5-2-1-4(3-13)6(8(14)15)7(5)16-9(11)12/h1-3,9H,(H,14,15). The average Bonchev–Trinajstić information content (AvgIpc) is 2.19. The topological polar surface area (TPSA) is 63.6 Å². The Morgan fingerprint density at radius 3 is 2.50 bits per heavy atom. The van der Waals surface area contributed by atoms with Crippen molar-refractivity contribution in [2.45, 2.75) is 6.61 Å². The van der Waals surface area contributed by atoms with E-state index in [2.05, 4.69) is 4.74 Å². The molecule has 0 aliphatic heterocycles. The molecule has 0 atom stereocenters. The minimum atomic E-state index is -3.38. The predicted octanol–water partition coefficient (Wildman–Crippen LogP) is 1.94. The molecule has 1 N–H and O–H groups in total. The van der Waals surface area contributed by atoms with Gasteiger partial charge in [0.25, 0.3) is 0 Å². The third-order valence-electron chi connectivity index (χ3n) is 1.69. The Balaban J connectivity index is 3.41. The van der Waals surface area contributed by atoms with Gasteiger partial charge in [0, 0.05) is 5.56 Å². The second-order valence-electron chi connectivity index (χ2n) is 2.64. The molecule has 7 heteroatoms. The van der Waals surface area contributed by atoms with E-state index in [1.165, 1.54) is 0 Å². The summed E-state index contributed by atoms with van der Waals surface area (Å²) >= 11 is 0. The van der Waals surface area contributed by atoms with Gasteiger partial charge in [-0.25, -0.2) is 9.18 Å². The van der Waals surface area contributed by atoms with Crippen molar-refractivity contribution in [3.8, 4) is 5.75 Å². The lowest BCUT2D eigenvalue weighted by molar-refractivity contribution is -0.0527. The van der Waals surface area contributed by atoms with Crippen molar-refractivity contribution < 1.29 is 32.6 Å². The quantitative estimate of drug-likeness (QED) is 0.808. The number of carboxylic acid groups (broad SMARTS) is 1. The van der Waals surface area contributed by atoms with Crippen LogP contribution in [0.1, 0.15) is 20.7 Å². The van der Waals surface area contributed by atoms with Crippen LogP contribution in [0.3, 0.4) is 0 Å². The number of carbonyl (C=O) groups excluding carboxylic acids is 1. The number of aromatic carboxylic acids is 1. The monoisotopic (exact) mass is 234 g/mol. The number of aldehydes is 1. The molecule has 0 unspecified atom stereocenters. The van der Waals surface area contributed by atoms with E-state index in [1.54, 1.807) is 0 Å². The summed E-state index contributed by atoms with van der Waals surface area (Å²) in [6.45, 7) is -3.38. The zero-order valence-corrected chi connectivity index (χ0v) is 7.62. The van der Waals surface area contributed by atoms with Crippen molar-refractivity contribution in [3.05, 3.63) is 29.1 Å². The van der Waals surface area contributed by atoms with Gasteiger partial charge in [0.2, 0.25) is 0 Å². The number of rotatable bonds is 4. The van der Waals surface area contributed by atoms with Crippen LogP contribution in [0.4, 0.5) is 13.2 Å². The van der Waals surface area contributed by atoms with Gasteiger partial charge in [-0.3, -0.25) is 4.79 Å². The second kappa shape index (κ2) is 4.65. The van der Waals surface area contributed by atoms with Crippen LogP contribution in [0.2, 0.25) is 0 Å². The van der Waals surface area contributed by atoms with E-state index in [9.17, 15) is 22.8 Å². The number of ether oxygens (including phenoxy) is 1. The molecule has 16 heavy (non-hydrogen) atoms. The summed E-state index contributed by atoms with van der Waals surface area (Å²) in [6.07, 6.45) is 0.112. The summed E-state index contributed by atoms with van der Waals surface area (Å²) in [5.41, 5.74) is -1.36. The van der Waals surface area contributed by atoms with E-state index in [4.69, 9.17) is 5.11 Å². The van der Waals surface area contributed by atoms with Crippen molar-refractivity contribution in [1.82, 2.24) is 0 Å². The van der Waals surface area contributed by atoms with Crippen molar-refractivity contribution in [2.24, 2.45) is 0 Å². The van der Waals surface area contributed by atoms with Crippen molar-refractivity contribution in [1.29, 1.82) is 0 Å². The maximum absolute atomic E-state index is 13.0. The summed E-state index contributed by atoms with van der Waals surface area (Å²) < 4.78 is 40.6. The number of hydrogen-bond acceptors (Lipinski definition) is 3. The number of halogens is 3. The van der Waals surface area contributed by atoms with Crippen LogP contribution in [-0.2, 0) is 0 Å². The highest BCUT2D eigenvalue weighted by Gasteiger charge is 2.23. The summed E-state index contributed by atoms with van der Waals surface area (Å²) in [7, 11) is 0. The first-order valence-corrected chi connectivity index (χ1v) is 3.93. The maximum atomic E-state index is 13.0. The van der Waals surface area contributed by atoms with Crippen molar-refractivity contribution >= 4 is 12.3 Å². The van der Waals surface area contributed by atoms with Crippen LogP contribution in [0.25, 0.3) is 0 Å². The van der Waals surface area contributed by atoms with Crippen LogP contribution in [0.5, 0.6) is 5.75 Å². The number of hydrogen-bond donors (Lipinski definition) is 1. The summed E-state index contributed by atoms with van der Waals surface area (Å²) in [4.78, 5) is 21.1. The fourth-order valence-electron chi connectivity index (χ4n) is 1.10. The highest BCUT2D eigenvalue weighted by Crippen LogP contribution is 2.27. The Bertz CT molecular complexity index is 431. The van der Waals surface area contributed by atoms with Gasteiger partial charge in [-0.2, -0.15) is 8.78 Å². The van der Waals surface area contributed by atoms with Gasteiger partial charge in [-0.15, -0.1) is 0 Å². The first kappa shape index (κ1) is 12.0. The van der Waals surface area contributed by atoms with Gasteiger partial charge < -0.3 is 9.84 Å². The molecule has 1 rings (SSSR count). The van der Waals surface area contributed by atoms with Crippen LogP contribution >= 0.6 is 0 Å². The lowest BCUT2D eigenvalue weighted by atomic mass is 10.1. The molecule has 0 amide bonds. The first-order valence-electron chi connectivity index (χ1n) is 3.93. The molecule has 0 heterocycles. The van der Waals surface area contributed by atoms with Crippen LogP contribution in [0, 0.1) is 5.82 Å². The molecular formula is C9H5F3O4. The molecule has 4 nitrogen and oxygen atoms in total. The predicted molar refractivity (Wildman–Crippen MR) is 45.4 cm³/mol. The highest BCUT2D eigenvalue weighted by molar-refractivity contribution is 5.99. The summed E-state index contributed by atoms with van der Waals surface area (Å²) in [6, 6.07) is 1.54. The maximum Gasteiger partial charge on any atom is 0.387 e. The fourth-order valence-corrected chi connectivity index (χ4v) is 1.10. The van der Waals surface area contributed by atoms with Gasteiger partial charge in [-0.1, -0.05) is 0 Å². The molecular weight excluding hydrogens is 229 g/mol. The lowest BCUT2D eigenvalue weighted by Gasteiger charge is -2.10. The summed E-state index contributed by atoms with van der Waals surface area (Å²) in [5, 5.41) is 8.66. The van der Waals surface area contributed by atoms with E-state index in [0.717, 1.165) is 6.07 Å². The van der Waals surface area contributed by atoms with E-state index in [0.29, 0.717) is 6.07 Å². The van der Waals surface area contributed by atoms with Gasteiger partial charge in [-0.05, 0) is 12.1 Å². The van der Waals surface area contributed by atoms with Gasteiger partial charge in [0.05, 0.1) is 0 Å². The number of carbonyl (C=O) groups is 2. The first-order chi connectivity index (χ1) is 7.47. The molecule has 0 fully saturated rings. The normalized spacial score (nSPS) is 10.2. The van der Waals surface area contributed by atoms with Crippen LogP contribution in [-0.4, -0.2) is 24.0 Å². The lowest BCUT2D eigenvalue weighted by Crippen LogP contribution is -2.11. The van der Waals surface area contributed by atoms with E-state index >= 15 is 0 Å². The Labute approximate surface area is 87.3 Å². The van der Waals surface area contributed by atoms with Crippen LogP contribution < -0.4 is 4.74 Å². The number of alkyl halides is 2. The third-order valence-corrected chi connectivity index (χ3v) is 1.69. The third kappa shape index (κ3) is 2.30.